The smallest absolute Gasteiger partial charge is 0.342 e. The molecule has 0 aromatic heterocycles. The van der Waals surface area contributed by atoms with E-state index in [-0.39, 0.29) is 0 Å². The Labute approximate surface area is 80.6 Å². The van der Waals surface area contributed by atoms with Crippen LogP contribution < -0.4 is 0 Å². The molecule has 0 spiro atoms. The van der Waals surface area contributed by atoms with E-state index in [2.05, 4.69) is 4.99 Å². The maximum Gasteiger partial charge on any atom is 0.360 e. The third kappa shape index (κ3) is 3.88. The lowest BCUT2D eigenvalue weighted by Gasteiger charge is -2.26. The summed E-state index contributed by atoms with van der Waals surface area (Å²) in [7, 11) is -7.39. The molecule has 0 amide bonds. The third-order valence-corrected chi connectivity index (χ3v) is 5.00. The van der Waals surface area contributed by atoms with Crippen LogP contribution in [0.3, 0.4) is 0 Å². The lowest BCUT2D eigenvalue weighted by molar-refractivity contribution is 0.304. The molecule has 0 atom stereocenters. The lowest BCUT2D eigenvalue weighted by Crippen LogP contribution is -2.30. The predicted octanol–water partition coefficient (Wildman–Crippen LogP) is -0.785. The summed E-state index contributed by atoms with van der Waals surface area (Å²) < 4.78 is 21.6. The van der Waals surface area contributed by atoms with Gasteiger partial charge in [0.25, 0.3) is 0 Å². The molecule has 0 bridgehead atoms. The molecule has 0 saturated heterocycles. The first-order chi connectivity index (χ1) is 6.10. The zero-order valence-corrected chi connectivity index (χ0v) is 9.34. The molecule has 0 unspecified atom stereocenters. The first-order valence-electron chi connectivity index (χ1n) is 3.35. The van der Waals surface area contributed by atoms with E-state index < -0.39 is 20.7 Å². The van der Waals surface area contributed by atoms with Gasteiger partial charge >= 0.3 is 15.2 Å². The lowest BCUT2D eigenvalue weighted by atomic mass is 10.9. The predicted molar refractivity (Wildman–Crippen MR) is 50.1 cm³/mol. The van der Waals surface area contributed by atoms with E-state index in [9.17, 15) is 9.13 Å². The Balaban J connectivity index is 5.14. The maximum absolute atomic E-state index is 10.8. The SMILES string of the molecule is CN=CN(C)C(P(=O)(O)O)P(=O)(O)O. The van der Waals surface area contributed by atoms with Crippen LogP contribution in [0.1, 0.15) is 0 Å². The van der Waals surface area contributed by atoms with Gasteiger partial charge in [-0.1, -0.05) is 0 Å². The summed E-state index contributed by atoms with van der Waals surface area (Å²) in [5.41, 5.74) is -2.18. The van der Waals surface area contributed by atoms with E-state index in [0.29, 0.717) is 4.90 Å². The van der Waals surface area contributed by atoms with Crippen molar-refractivity contribution in [2.24, 2.45) is 4.99 Å². The van der Waals surface area contributed by atoms with E-state index >= 15 is 0 Å². The van der Waals surface area contributed by atoms with Crippen molar-refractivity contribution in [3.63, 3.8) is 0 Å². The van der Waals surface area contributed by atoms with Crippen LogP contribution in [-0.2, 0) is 9.13 Å². The molecule has 0 rings (SSSR count). The summed E-state index contributed by atoms with van der Waals surface area (Å²) >= 11 is 0. The fourth-order valence-electron chi connectivity index (χ4n) is 0.912. The minimum absolute atomic E-state index is 0.696. The normalized spacial score (nSPS) is 13.9. The topological polar surface area (TPSA) is 131 Å². The van der Waals surface area contributed by atoms with E-state index in [1.165, 1.54) is 7.05 Å². The van der Waals surface area contributed by atoms with Crippen LogP contribution in [0.4, 0.5) is 0 Å². The van der Waals surface area contributed by atoms with E-state index in [0.717, 1.165) is 13.4 Å². The number of hydrogen-bond acceptors (Lipinski definition) is 3. The van der Waals surface area contributed by atoms with Crippen molar-refractivity contribution < 1.29 is 28.7 Å². The molecule has 0 fully saturated rings. The minimum atomic E-state index is -4.91. The molecule has 0 aliphatic carbocycles. The van der Waals surface area contributed by atoms with Crippen LogP contribution in [0.25, 0.3) is 0 Å². The fourth-order valence-corrected chi connectivity index (χ4v) is 3.55. The van der Waals surface area contributed by atoms with Crippen molar-refractivity contribution in [2.45, 2.75) is 5.52 Å². The summed E-state index contributed by atoms with van der Waals surface area (Å²) in [5.74, 6) is 0. The Hall–Kier alpha value is -0.230. The Morgan fingerprint density at radius 3 is 1.79 bits per heavy atom. The first kappa shape index (κ1) is 13.8. The molecule has 0 heterocycles. The van der Waals surface area contributed by atoms with Gasteiger partial charge in [0.1, 0.15) is 0 Å². The van der Waals surface area contributed by atoms with E-state index in [1.54, 1.807) is 0 Å². The van der Waals surface area contributed by atoms with Gasteiger partial charge in [0.2, 0.25) is 5.52 Å². The number of hydrogen-bond donors (Lipinski definition) is 4. The zero-order valence-electron chi connectivity index (χ0n) is 7.55. The molecule has 0 aliphatic rings. The van der Waals surface area contributed by atoms with Gasteiger partial charge in [0, 0.05) is 14.1 Å². The van der Waals surface area contributed by atoms with Crippen LogP contribution in [0.15, 0.2) is 4.99 Å². The van der Waals surface area contributed by atoms with Crippen LogP contribution in [0.2, 0.25) is 0 Å². The Bertz CT molecular complexity index is 283. The standard InChI is InChI=1S/C4H12N2O6P2/c1-5-3-6(2)4(13(7,8)9)14(10,11)12/h3-4H,1-2H3,(H2,7,8,9)(H2,10,11,12). The zero-order chi connectivity index (χ0) is 11.6. The van der Waals surface area contributed by atoms with Crippen molar-refractivity contribution >= 4 is 21.5 Å². The van der Waals surface area contributed by atoms with Crippen molar-refractivity contribution in [2.75, 3.05) is 14.1 Å². The number of aliphatic imine (C=N–C) groups is 1. The molecule has 4 N–H and O–H groups in total. The average molecular weight is 246 g/mol. The second-order valence-corrected chi connectivity index (χ2v) is 6.31. The highest BCUT2D eigenvalue weighted by Gasteiger charge is 2.45. The van der Waals surface area contributed by atoms with E-state index in [1.807, 2.05) is 0 Å². The molecular weight excluding hydrogens is 234 g/mol. The molecule has 84 valence electrons. The average Bonchev–Trinajstić information content (AvgIpc) is 1.78. The van der Waals surface area contributed by atoms with Gasteiger partial charge in [-0.2, -0.15) is 0 Å². The van der Waals surface area contributed by atoms with Crippen molar-refractivity contribution in [1.82, 2.24) is 4.90 Å². The van der Waals surface area contributed by atoms with Gasteiger partial charge in [-0.05, 0) is 0 Å². The van der Waals surface area contributed by atoms with Crippen LogP contribution in [0, 0.1) is 0 Å². The molecule has 8 nitrogen and oxygen atoms in total. The summed E-state index contributed by atoms with van der Waals surface area (Å²) in [6.07, 6.45) is 0.933. The monoisotopic (exact) mass is 246 g/mol. The van der Waals surface area contributed by atoms with Crippen LogP contribution in [-0.4, -0.2) is 50.4 Å². The fraction of sp³-hybridized carbons (Fsp3) is 0.750. The second kappa shape index (κ2) is 4.53. The quantitative estimate of drug-likeness (QED) is 0.290. The highest BCUT2D eigenvalue weighted by Crippen LogP contribution is 2.60. The highest BCUT2D eigenvalue weighted by molar-refractivity contribution is 7.70. The van der Waals surface area contributed by atoms with Crippen molar-refractivity contribution in [3.8, 4) is 0 Å². The number of rotatable bonds is 4. The molecule has 10 heteroatoms. The summed E-state index contributed by atoms with van der Waals surface area (Å²) in [6.45, 7) is 0. The summed E-state index contributed by atoms with van der Waals surface area (Å²) in [5, 5.41) is 0. The van der Waals surface area contributed by atoms with Gasteiger partial charge in [-0.25, -0.2) is 0 Å². The van der Waals surface area contributed by atoms with Gasteiger partial charge in [-0.3, -0.25) is 14.1 Å². The van der Waals surface area contributed by atoms with Crippen molar-refractivity contribution in [3.05, 3.63) is 0 Å². The largest absolute Gasteiger partial charge is 0.360 e. The maximum atomic E-state index is 10.8. The summed E-state index contributed by atoms with van der Waals surface area (Å²) in [4.78, 5) is 39.0. The Morgan fingerprint density at radius 1 is 1.21 bits per heavy atom. The van der Waals surface area contributed by atoms with E-state index in [4.69, 9.17) is 19.6 Å². The molecule has 0 radical (unpaired) electrons. The second-order valence-electron chi connectivity index (χ2n) is 2.56. The van der Waals surface area contributed by atoms with Crippen molar-refractivity contribution in [1.29, 1.82) is 0 Å². The molecule has 14 heavy (non-hydrogen) atoms. The molecule has 0 aromatic carbocycles. The van der Waals surface area contributed by atoms with Crippen LogP contribution >= 0.6 is 15.2 Å². The molecule has 0 aliphatic heterocycles. The minimum Gasteiger partial charge on any atom is -0.342 e. The van der Waals surface area contributed by atoms with Gasteiger partial charge in [0.05, 0.1) is 6.34 Å². The molecule has 0 aromatic rings. The summed E-state index contributed by atoms with van der Waals surface area (Å²) in [6, 6.07) is 0. The van der Waals surface area contributed by atoms with Gasteiger partial charge < -0.3 is 24.5 Å². The third-order valence-electron chi connectivity index (χ3n) is 1.26. The Morgan fingerprint density at radius 2 is 1.57 bits per heavy atom. The number of nitrogens with zero attached hydrogens (tertiary/aromatic N) is 2. The first-order valence-corrected chi connectivity index (χ1v) is 6.71. The Kier molecular flexibility index (Phi) is 4.45. The highest BCUT2D eigenvalue weighted by atomic mass is 31.2. The van der Waals surface area contributed by atoms with Crippen LogP contribution in [0.5, 0.6) is 0 Å². The molecule has 0 saturated carbocycles. The van der Waals surface area contributed by atoms with Gasteiger partial charge in [0.15, 0.2) is 0 Å². The molecular formula is C4H12N2O6P2. The van der Waals surface area contributed by atoms with Gasteiger partial charge in [-0.15, -0.1) is 0 Å².